The summed E-state index contributed by atoms with van der Waals surface area (Å²) in [6.07, 6.45) is -0.560. The third kappa shape index (κ3) is 6.02. The van der Waals surface area contributed by atoms with Crippen molar-refractivity contribution < 1.29 is 70.8 Å². The molecule has 5 N–H and O–H groups in total. The maximum atomic E-state index is 12.9. The first-order chi connectivity index (χ1) is 17.0. The fourth-order valence-electron chi connectivity index (χ4n) is 3.77. The third-order valence-corrected chi connectivity index (χ3v) is 8.94. The van der Waals surface area contributed by atoms with Gasteiger partial charge in [-0.25, -0.2) is 4.79 Å². The summed E-state index contributed by atoms with van der Waals surface area (Å²) in [4.78, 5) is 12.9. The van der Waals surface area contributed by atoms with E-state index < -0.39 is 17.7 Å². The van der Waals surface area contributed by atoms with Gasteiger partial charge in [-0.05, 0) is 115 Å². The molecule has 0 saturated carbocycles. The summed E-state index contributed by atoms with van der Waals surface area (Å²) in [7, 11) is 1.00. The van der Waals surface area contributed by atoms with Gasteiger partial charge >= 0.3 is 35.5 Å². The van der Waals surface area contributed by atoms with E-state index in [1.54, 1.807) is 24.3 Å². The van der Waals surface area contributed by atoms with Crippen molar-refractivity contribution in [1.82, 2.24) is 0 Å². The second-order valence-electron chi connectivity index (χ2n) is 7.55. The van der Waals surface area contributed by atoms with Crippen molar-refractivity contribution in [1.29, 1.82) is 0 Å². The van der Waals surface area contributed by atoms with Crippen molar-refractivity contribution in [3.63, 3.8) is 0 Å². The summed E-state index contributed by atoms with van der Waals surface area (Å²) in [5.41, 5.74) is 1.27. The van der Waals surface area contributed by atoms with Crippen molar-refractivity contribution in [2.45, 2.75) is 18.6 Å². The zero-order valence-electron chi connectivity index (χ0n) is 20.7. The average molecular weight is 968 g/mol. The van der Waals surface area contributed by atoms with Gasteiger partial charge in [-0.3, -0.25) is 0 Å². The molecule has 0 saturated heterocycles. The maximum absolute atomic E-state index is 12.9. The number of fused-ring (bicyclic) bond motifs is 6. The van der Waals surface area contributed by atoms with Crippen LogP contribution >= 0.6 is 90.4 Å². The number of esters is 1. The summed E-state index contributed by atoms with van der Waals surface area (Å²) < 4.78 is 14.6. The van der Waals surface area contributed by atoms with Crippen molar-refractivity contribution in [3.05, 3.63) is 72.9 Å². The van der Waals surface area contributed by atoms with Crippen LogP contribution < -0.4 is 34.3 Å². The van der Waals surface area contributed by atoms with E-state index in [2.05, 4.69) is 45.2 Å². The Balaban J connectivity index is 0.000000725. The molecule has 0 fully saturated rings. The predicted octanol–water partition coefficient (Wildman–Crippen LogP) is 2.17. The SMILES string of the molecule is CC(O)CO.CO.O=C1OC2(c3ccccc31)c1cc(I)c(O)c(I)c1Oc1c2cc(I)c(O)c1I.[H-].[Na+]. The van der Waals surface area contributed by atoms with E-state index in [-0.39, 0.29) is 49.1 Å². The molecular weight excluding hydrogens is 947 g/mol. The van der Waals surface area contributed by atoms with Crippen LogP contribution in [0.5, 0.6) is 23.0 Å². The molecule has 3 aromatic carbocycles. The Labute approximate surface area is 291 Å². The van der Waals surface area contributed by atoms with Crippen LogP contribution in [-0.2, 0) is 10.3 Å². The molecule has 3 aromatic rings. The number of rotatable bonds is 1. The molecule has 2 aliphatic rings. The zero-order valence-corrected chi connectivity index (χ0v) is 30.4. The largest absolute Gasteiger partial charge is 1.00 e. The number of ether oxygens (including phenoxy) is 2. The summed E-state index contributed by atoms with van der Waals surface area (Å²) in [5, 5.41) is 44.0. The molecule has 1 unspecified atom stereocenters. The predicted molar refractivity (Wildman–Crippen MR) is 167 cm³/mol. The molecular formula is C24H21I4NaO8. The summed E-state index contributed by atoms with van der Waals surface area (Å²) in [6, 6.07) is 10.9. The van der Waals surface area contributed by atoms with Gasteiger partial charge in [0.15, 0.2) is 17.1 Å². The number of aliphatic hydroxyl groups is 3. The average Bonchev–Trinajstić information content (AvgIpc) is 3.17. The molecule has 2 aliphatic heterocycles. The van der Waals surface area contributed by atoms with Crippen LogP contribution in [0.25, 0.3) is 0 Å². The van der Waals surface area contributed by atoms with Crippen LogP contribution in [0.15, 0.2) is 36.4 Å². The van der Waals surface area contributed by atoms with Crippen LogP contribution in [-0.4, -0.2) is 51.3 Å². The number of carbonyl (C=O) groups excluding carboxylic acids is 1. The first-order valence-corrected chi connectivity index (χ1v) is 14.5. The van der Waals surface area contributed by atoms with Gasteiger partial charge in [-0.2, -0.15) is 0 Å². The van der Waals surface area contributed by atoms with Gasteiger partial charge in [0, 0.05) is 12.7 Å². The summed E-state index contributed by atoms with van der Waals surface area (Å²) in [6.45, 7) is 1.39. The molecule has 0 aliphatic carbocycles. The number of benzene rings is 3. The molecule has 37 heavy (non-hydrogen) atoms. The molecule has 194 valence electrons. The van der Waals surface area contributed by atoms with Crippen molar-refractivity contribution in [2.24, 2.45) is 0 Å². The fraction of sp³-hybridized carbons (Fsp3) is 0.208. The summed E-state index contributed by atoms with van der Waals surface area (Å²) >= 11 is 8.17. The molecule has 13 heteroatoms. The number of hydrogen-bond acceptors (Lipinski definition) is 8. The first kappa shape index (κ1) is 33.5. The fourth-order valence-corrected chi connectivity index (χ4v) is 7.35. The monoisotopic (exact) mass is 968 g/mol. The summed E-state index contributed by atoms with van der Waals surface area (Å²) in [5.74, 6) is 0.616. The van der Waals surface area contributed by atoms with Gasteiger partial charge < -0.3 is 36.4 Å². The van der Waals surface area contributed by atoms with E-state index in [0.29, 0.717) is 48.0 Å². The third-order valence-electron chi connectivity index (χ3n) is 5.30. The molecule has 5 rings (SSSR count). The quantitative estimate of drug-likeness (QED) is 0.143. The van der Waals surface area contributed by atoms with Gasteiger partial charge in [0.25, 0.3) is 0 Å². The Morgan fingerprint density at radius 1 is 0.919 bits per heavy atom. The van der Waals surface area contributed by atoms with Crippen molar-refractivity contribution in [2.75, 3.05) is 13.7 Å². The van der Waals surface area contributed by atoms with E-state index >= 15 is 0 Å². The molecule has 0 bridgehead atoms. The molecule has 0 amide bonds. The van der Waals surface area contributed by atoms with Gasteiger partial charge in [0.05, 0.1) is 43.7 Å². The second kappa shape index (κ2) is 13.8. The molecule has 1 spiro atoms. The minimum absolute atomic E-state index is 0. The number of phenolic OH excluding ortho intramolecular Hbond substituents is 2. The second-order valence-corrected chi connectivity index (χ2v) is 12.0. The van der Waals surface area contributed by atoms with Gasteiger partial charge in [-0.15, -0.1) is 0 Å². The van der Waals surface area contributed by atoms with Crippen molar-refractivity contribution in [3.8, 4) is 23.0 Å². The molecule has 0 radical (unpaired) electrons. The number of halogens is 4. The van der Waals surface area contributed by atoms with Crippen molar-refractivity contribution >= 4 is 96.3 Å². The van der Waals surface area contributed by atoms with Gasteiger partial charge in [0.1, 0.15) is 11.5 Å². The van der Waals surface area contributed by atoms with Crippen LogP contribution in [0.4, 0.5) is 0 Å². The van der Waals surface area contributed by atoms with Crippen LogP contribution in [0.2, 0.25) is 0 Å². The van der Waals surface area contributed by atoms with Crippen LogP contribution in [0.1, 0.15) is 35.4 Å². The Hall–Kier alpha value is 0.330. The first-order valence-electron chi connectivity index (χ1n) is 10.2. The Morgan fingerprint density at radius 2 is 1.35 bits per heavy atom. The molecule has 1 atom stereocenters. The number of phenols is 2. The maximum Gasteiger partial charge on any atom is 1.00 e. The van der Waals surface area contributed by atoms with E-state index in [0.717, 1.165) is 7.11 Å². The zero-order chi connectivity index (χ0) is 26.9. The van der Waals surface area contributed by atoms with Crippen LogP contribution in [0, 0.1) is 14.3 Å². The van der Waals surface area contributed by atoms with E-state index in [1.165, 1.54) is 6.92 Å². The van der Waals surface area contributed by atoms with E-state index in [1.807, 2.05) is 57.3 Å². The van der Waals surface area contributed by atoms with E-state index in [9.17, 15) is 15.0 Å². The molecule has 0 aromatic heterocycles. The minimum Gasteiger partial charge on any atom is -1.00 e. The van der Waals surface area contributed by atoms with Gasteiger partial charge in [-0.1, -0.05) is 18.2 Å². The standard InChI is InChI=1S/C20H8I4O5.C3H8O2.CH4O.Na.H/c21-11-5-9-17(13(23)15(11)25)28-18-10(6-12(22)16(26)14(18)24)20(9)8-4-2-1-3-7(8)19(27)29-20;1-3(5)2-4;1-2;;/h1-6,25-26H;3-5H,2H2,1H3;2H,1H3;;/q;;;+1;-1. The van der Waals surface area contributed by atoms with E-state index in [4.69, 9.17) is 24.8 Å². The number of carbonyl (C=O) groups is 1. The normalized spacial score (nSPS) is 14.2. The van der Waals surface area contributed by atoms with Crippen LogP contribution in [0.3, 0.4) is 0 Å². The Bertz CT molecular complexity index is 1280. The molecule has 2 heterocycles. The Morgan fingerprint density at radius 3 is 1.78 bits per heavy atom. The topological polar surface area (TPSA) is 137 Å². The number of hydrogen-bond donors (Lipinski definition) is 5. The number of aliphatic hydroxyl groups excluding tert-OH is 3. The smallest absolute Gasteiger partial charge is 1.00 e. The van der Waals surface area contributed by atoms with Gasteiger partial charge in [0.2, 0.25) is 0 Å². The molecule has 8 nitrogen and oxygen atoms in total. The Kier molecular flexibility index (Phi) is 12.5. The minimum atomic E-state index is -1.22. The number of aromatic hydroxyl groups is 2.